The minimum Gasteiger partial charge on any atom is -0.444 e. The second-order valence-corrected chi connectivity index (χ2v) is 4.54. The van der Waals surface area contributed by atoms with Crippen LogP contribution in [0, 0.1) is 0 Å². The number of anilines is 1. The number of azide groups is 1. The van der Waals surface area contributed by atoms with Crippen LogP contribution in [0.15, 0.2) is 29.5 Å². The van der Waals surface area contributed by atoms with Crippen LogP contribution in [-0.4, -0.2) is 35.1 Å². The third-order valence-electron chi connectivity index (χ3n) is 3.26. The van der Waals surface area contributed by atoms with E-state index in [-0.39, 0.29) is 6.54 Å². The van der Waals surface area contributed by atoms with Gasteiger partial charge in [-0.05, 0) is 23.7 Å². The molecule has 20 heavy (non-hydrogen) atoms. The average molecular weight is 272 g/mol. The van der Waals surface area contributed by atoms with Gasteiger partial charge in [0.2, 0.25) is 0 Å². The second-order valence-electron chi connectivity index (χ2n) is 4.54. The third-order valence-corrected chi connectivity index (χ3v) is 3.26. The Morgan fingerprint density at radius 3 is 3.25 bits per heavy atom. The Morgan fingerprint density at radius 1 is 1.60 bits per heavy atom. The SMILES string of the molecule is Cn1ncc2cc(N3C[C@H](CN=[N+]=[N-])OC3=O)ccc21. The highest BCUT2D eigenvalue weighted by atomic mass is 16.6. The van der Waals surface area contributed by atoms with E-state index < -0.39 is 12.2 Å². The Bertz CT molecular complexity index is 718. The molecule has 0 aliphatic carbocycles. The smallest absolute Gasteiger partial charge is 0.414 e. The number of carbonyl (C=O) groups is 1. The van der Waals surface area contributed by atoms with Gasteiger partial charge < -0.3 is 4.74 Å². The standard InChI is InChI=1S/C12H12N6O2/c1-17-11-3-2-9(4-8(11)5-15-17)18-7-10(6-14-16-13)20-12(18)19/h2-5,10H,6-7H2,1H3/t10-/m0/s1. The topological polar surface area (TPSA) is 96.1 Å². The summed E-state index contributed by atoms with van der Waals surface area (Å²) in [7, 11) is 1.86. The number of carbonyl (C=O) groups excluding carboxylic acids is 1. The van der Waals surface area contributed by atoms with E-state index in [0.717, 1.165) is 16.6 Å². The Balaban J connectivity index is 1.87. The van der Waals surface area contributed by atoms with E-state index in [1.807, 2.05) is 25.2 Å². The Hall–Kier alpha value is -2.73. The van der Waals surface area contributed by atoms with E-state index in [2.05, 4.69) is 15.1 Å². The van der Waals surface area contributed by atoms with E-state index in [1.54, 1.807) is 10.9 Å². The number of aromatic nitrogens is 2. The van der Waals surface area contributed by atoms with Crippen LogP contribution in [0.5, 0.6) is 0 Å². The molecule has 1 saturated heterocycles. The Kier molecular flexibility index (Phi) is 2.92. The Labute approximate surface area is 114 Å². The lowest BCUT2D eigenvalue weighted by Crippen LogP contribution is -2.25. The predicted molar refractivity (Wildman–Crippen MR) is 72.3 cm³/mol. The van der Waals surface area contributed by atoms with Crippen molar-refractivity contribution in [3.8, 4) is 0 Å². The van der Waals surface area contributed by atoms with Crippen LogP contribution in [0.1, 0.15) is 0 Å². The van der Waals surface area contributed by atoms with Crippen molar-refractivity contribution in [3.05, 3.63) is 34.8 Å². The lowest BCUT2D eigenvalue weighted by molar-refractivity contribution is 0.145. The van der Waals surface area contributed by atoms with E-state index >= 15 is 0 Å². The molecule has 1 atom stereocenters. The maximum Gasteiger partial charge on any atom is 0.414 e. The molecule has 0 unspecified atom stereocenters. The minimum atomic E-state index is -0.425. The van der Waals surface area contributed by atoms with Crippen LogP contribution in [0.25, 0.3) is 21.3 Å². The van der Waals surface area contributed by atoms with Crippen molar-refractivity contribution in [2.75, 3.05) is 18.0 Å². The first-order valence-corrected chi connectivity index (χ1v) is 6.10. The Morgan fingerprint density at radius 2 is 2.45 bits per heavy atom. The molecule has 1 fully saturated rings. The highest BCUT2D eigenvalue weighted by Gasteiger charge is 2.31. The zero-order valence-corrected chi connectivity index (χ0v) is 10.8. The fourth-order valence-corrected chi connectivity index (χ4v) is 2.27. The molecule has 3 rings (SSSR count). The number of nitrogens with zero attached hydrogens (tertiary/aromatic N) is 6. The minimum absolute atomic E-state index is 0.147. The van der Waals surface area contributed by atoms with Crippen LogP contribution in [-0.2, 0) is 11.8 Å². The molecule has 1 aliphatic heterocycles. The third kappa shape index (κ3) is 2.02. The number of benzene rings is 1. The number of cyclic esters (lactones) is 1. The lowest BCUT2D eigenvalue weighted by atomic mass is 10.2. The first-order valence-electron chi connectivity index (χ1n) is 6.10. The molecule has 8 nitrogen and oxygen atoms in total. The molecule has 2 aromatic rings. The van der Waals surface area contributed by atoms with Gasteiger partial charge in [-0.1, -0.05) is 5.11 Å². The molecule has 2 heterocycles. The molecule has 0 saturated carbocycles. The molecule has 1 aliphatic rings. The summed E-state index contributed by atoms with van der Waals surface area (Å²) in [6, 6.07) is 5.65. The van der Waals surface area contributed by atoms with E-state index in [9.17, 15) is 4.79 Å². The average Bonchev–Trinajstić information content (AvgIpc) is 3.00. The number of fused-ring (bicyclic) bond motifs is 1. The maximum atomic E-state index is 11.8. The molecule has 0 bridgehead atoms. The van der Waals surface area contributed by atoms with Gasteiger partial charge in [0, 0.05) is 23.0 Å². The zero-order chi connectivity index (χ0) is 14.1. The normalized spacial score (nSPS) is 18.1. The molecule has 1 aromatic carbocycles. The van der Waals surface area contributed by atoms with Crippen molar-refractivity contribution in [3.63, 3.8) is 0 Å². The van der Waals surface area contributed by atoms with E-state index in [0.29, 0.717) is 6.54 Å². The van der Waals surface area contributed by atoms with E-state index in [1.165, 1.54) is 4.90 Å². The molecular weight excluding hydrogens is 260 g/mol. The first-order chi connectivity index (χ1) is 9.69. The van der Waals surface area contributed by atoms with Gasteiger partial charge in [0.1, 0.15) is 6.10 Å². The number of hydrogen-bond acceptors (Lipinski definition) is 4. The van der Waals surface area contributed by atoms with Gasteiger partial charge in [-0.25, -0.2) is 4.79 Å². The summed E-state index contributed by atoms with van der Waals surface area (Å²) in [6.07, 6.45) is 0.923. The molecule has 8 heteroatoms. The van der Waals surface area contributed by atoms with Crippen molar-refractivity contribution < 1.29 is 9.53 Å². The first kappa shape index (κ1) is 12.3. The van der Waals surface area contributed by atoms with Gasteiger partial charge in [0.25, 0.3) is 0 Å². The summed E-state index contributed by atoms with van der Waals surface area (Å²) in [5.41, 5.74) is 10.0. The summed E-state index contributed by atoms with van der Waals surface area (Å²) in [5.74, 6) is 0. The summed E-state index contributed by atoms with van der Waals surface area (Å²) < 4.78 is 6.92. The molecule has 1 aromatic heterocycles. The summed E-state index contributed by atoms with van der Waals surface area (Å²) in [4.78, 5) is 16.0. The predicted octanol–water partition coefficient (Wildman–Crippen LogP) is 2.21. The van der Waals surface area contributed by atoms with Gasteiger partial charge in [-0.2, -0.15) is 5.10 Å². The van der Waals surface area contributed by atoms with Crippen molar-refractivity contribution in [2.24, 2.45) is 12.2 Å². The molecular formula is C12H12N6O2. The lowest BCUT2D eigenvalue weighted by Gasteiger charge is -2.12. The second kappa shape index (κ2) is 4.75. The molecule has 0 N–H and O–H groups in total. The highest BCUT2D eigenvalue weighted by Crippen LogP contribution is 2.25. The number of hydrogen-bond donors (Lipinski definition) is 0. The van der Waals surface area contributed by atoms with Crippen LogP contribution in [0.2, 0.25) is 0 Å². The monoisotopic (exact) mass is 272 g/mol. The summed E-state index contributed by atoms with van der Waals surface area (Å²) in [5, 5.41) is 8.55. The fourth-order valence-electron chi connectivity index (χ4n) is 2.27. The molecule has 0 spiro atoms. The van der Waals surface area contributed by atoms with Gasteiger partial charge in [-0.15, -0.1) is 0 Å². The van der Waals surface area contributed by atoms with Crippen LogP contribution >= 0.6 is 0 Å². The van der Waals surface area contributed by atoms with Gasteiger partial charge >= 0.3 is 6.09 Å². The molecule has 102 valence electrons. The summed E-state index contributed by atoms with van der Waals surface area (Å²) >= 11 is 0. The quantitative estimate of drug-likeness (QED) is 0.486. The van der Waals surface area contributed by atoms with Crippen molar-refractivity contribution >= 4 is 22.7 Å². The van der Waals surface area contributed by atoms with Crippen molar-refractivity contribution in [1.29, 1.82) is 0 Å². The van der Waals surface area contributed by atoms with Gasteiger partial charge in [0.15, 0.2) is 0 Å². The molecule has 0 radical (unpaired) electrons. The van der Waals surface area contributed by atoms with Crippen LogP contribution in [0.3, 0.4) is 0 Å². The number of ether oxygens (including phenoxy) is 1. The van der Waals surface area contributed by atoms with Crippen molar-refractivity contribution in [1.82, 2.24) is 9.78 Å². The largest absolute Gasteiger partial charge is 0.444 e. The number of amides is 1. The number of aryl methyl sites for hydroxylation is 1. The van der Waals surface area contributed by atoms with Crippen molar-refractivity contribution in [2.45, 2.75) is 6.10 Å². The summed E-state index contributed by atoms with van der Waals surface area (Å²) in [6.45, 7) is 0.525. The zero-order valence-electron chi connectivity index (χ0n) is 10.8. The van der Waals surface area contributed by atoms with E-state index in [4.69, 9.17) is 10.3 Å². The molecule has 1 amide bonds. The van der Waals surface area contributed by atoms with Crippen LogP contribution in [0.4, 0.5) is 10.5 Å². The van der Waals surface area contributed by atoms with Gasteiger partial charge in [-0.3, -0.25) is 9.58 Å². The maximum absolute atomic E-state index is 11.8. The highest BCUT2D eigenvalue weighted by molar-refractivity contribution is 5.93. The fraction of sp³-hybridized carbons (Fsp3) is 0.333. The van der Waals surface area contributed by atoms with Crippen LogP contribution < -0.4 is 4.90 Å². The van der Waals surface area contributed by atoms with Gasteiger partial charge in [0.05, 0.1) is 24.8 Å². The number of rotatable bonds is 3.